The van der Waals surface area contributed by atoms with Gasteiger partial charge in [0.1, 0.15) is 6.10 Å². The van der Waals surface area contributed by atoms with E-state index in [2.05, 4.69) is 13.8 Å². The van der Waals surface area contributed by atoms with Gasteiger partial charge in [0.05, 0.1) is 11.5 Å². The molecule has 0 aromatic carbocycles. The Balaban J connectivity index is 2.03. The molecule has 3 atom stereocenters. The van der Waals surface area contributed by atoms with E-state index < -0.39 is 0 Å². The zero-order valence-electron chi connectivity index (χ0n) is 10.6. The largest absolute Gasteiger partial charge is 0.375 e. The summed E-state index contributed by atoms with van der Waals surface area (Å²) >= 11 is 6.10. The van der Waals surface area contributed by atoms with Gasteiger partial charge in [-0.15, -0.1) is 11.6 Å². The molecule has 0 aliphatic heterocycles. The summed E-state index contributed by atoms with van der Waals surface area (Å²) in [6.07, 6.45) is 7.39. The Hall–Kier alpha value is 0.210. The molecule has 1 saturated carbocycles. The van der Waals surface area contributed by atoms with Crippen molar-refractivity contribution in [1.82, 2.24) is 0 Å². The second kappa shape index (κ2) is 8.32. The van der Waals surface area contributed by atoms with Crippen molar-refractivity contribution in [2.75, 3.05) is 13.2 Å². The molecule has 0 N–H and O–H groups in total. The molecule has 16 heavy (non-hydrogen) atoms. The summed E-state index contributed by atoms with van der Waals surface area (Å²) in [6, 6.07) is 0. The molecule has 3 heteroatoms. The Bertz CT molecular complexity index is 175. The van der Waals surface area contributed by atoms with Crippen molar-refractivity contribution in [1.29, 1.82) is 0 Å². The topological polar surface area (TPSA) is 18.5 Å². The average Bonchev–Trinajstić information content (AvgIpc) is 2.27. The molecule has 1 fully saturated rings. The van der Waals surface area contributed by atoms with E-state index in [-0.39, 0.29) is 17.6 Å². The number of unbranched alkanes of at least 4 members (excludes halogenated alkanes) is 3. The average molecular weight is 249 g/mol. The van der Waals surface area contributed by atoms with E-state index in [1.165, 1.54) is 19.3 Å². The van der Waals surface area contributed by atoms with E-state index >= 15 is 0 Å². The molecular weight excluding hydrogens is 224 g/mol. The molecule has 0 aromatic heterocycles. The Kier molecular flexibility index (Phi) is 7.42. The van der Waals surface area contributed by atoms with E-state index in [4.69, 9.17) is 21.1 Å². The van der Waals surface area contributed by atoms with Crippen molar-refractivity contribution >= 4 is 11.6 Å². The summed E-state index contributed by atoms with van der Waals surface area (Å²) < 4.78 is 11.5. The van der Waals surface area contributed by atoms with Crippen LogP contribution in [-0.4, -0.2) is 30.8 Å². The first-order valence-corrected chi connectivity index (χ1v) is 7.10. The van der Waals surface area contributed by atoms with Crippen LogP contribution in [0.2, 0.25) is 0 Å². The second-order valence-electron chi connectivity index (χ2n) is 4.56. The maximum atomic E-state index is 6.10. The third-order valence-corrected chi connectivity index (χ3v) is 3.45. The predicted molar refractivity (Wildman–Crippen MR) is 68.2 cm³/mol. The van der Waals surface area contributed by atoms with E-state index in [1.54, 1.807) is 0 Å². The quantitative estimate of drug-likeness (QED) is 0.457. The van der Waals surface area contributed by atoms with Crippen molar-refractivity contribution in [3.8, 4) is 0 Å². The van der Waals surface area contributed by atoms with Gasteiger partial charge >= 0.3 is 0 Å². The number of halogens is 1. The molecular formula is C13H25ClO2. The minimum atomic E-state index is 0.132. The van der Waals surface area contributed by atoms with Crippen LogP contribution in [-0.2, 0) is 9.47 Å². The number of hydrogen-bond acceptors (Lipinski definition) is 2. The fourth-order valence-corrected chi connectivity index (χ4v) is 2.33. The molecule has 1 aliphatic carbocycles. The Morgan fingerprint density at radius 1 is 1.00 bits per heavy atom. The molecule has 0 heterocycles. The van der Waals surface area contributed by atoms with E-state index in [0.717, 1.165) is 32.5 Å². The summed E-state index contributed by atoms with van der Waals surface area (Å²) in [5.41, 5.74) is 0. The standard InChI is InChI=1S/C13H25ClO2/c1-3-5-6-7-9-15-12-10-11(14)13(12)16-8-4-2/h11-13H,3-10H2,1-2H3. The van der Waals surface area contributed by atoms with Crippen LogP contribution in [0.15, 0.2) is 0 Å². The van der Waals surface area contributed by atoms with Gasteiger partial charge in [-0.1, -0.05) is 33.1 Å². The van der Waals surface area contributed by atoms with Crippen LogP contribution in [0.3, 0.4) is 0 Å². The lowest BCUT2D eigenvalue weighted by Gasteiger charge is -2.40. The Morgan fingerprint density at radius 3 is 2.44 bits per heavy atom. The zero-order valence-corrected chi connectivity index (χ0v) is 11.3. The molecule has 96 valence electrons. The predicted octanol–water partition coefficient (Wildman–Crippen LogP) is 3.76. The first kappa shape index (κ1) is 14.3. The summed E-state index contributed by atoms with van der Waals surface area (Å²) in [5.74, 6) is 0. The lowest BCUT2D eigenvalue weighted by atomic mass is 9.91. The molecule has 0 bridgehead atoms. The van der Waals surface area contributed by atoms with E-state index in [1.807, 2.05) is 0 Å². The molecule has 3 unspecified atom stereocenters. The summed E-state index contributed by atoms with van der Waals surface area (Å²) in [5, 5.41) is 0.159. The zero-order chi connectivity index (χ0) is 11.8. The Morgan fingerprint density at radius 2 is 1.81 bits per heavy atom. The van der Waals surface area contributed by atoms with Crippen molar-refractivity contribution in [2.45, 2.75) is 70.0 Å². The molecule has 2 nitrogen and oxygen atoms in total. The highest BCUT2D eigenvalue weighted by atomic mass is 35.5. The summed E-state index contributed by atoms with van der Waals surface area (Å²) in [4.78, 5) is 0. The van der Waals surface area contributed by atoms with Crippen LogP contribution in [0.4, 0.5) is 0 Å². The highest BCUT2D eigenvalue weighted by molar-refractivity contribution is 6.21. The molecule has 0 saturated heterocycles. The summed E-state index contributed by atoms with van der Waals surface area (Å²) in [7, 11) is 0. The fraction of sp³-hybridized carbons (Fsp3) is 1.00. The van der Waals surface area contributed by atoms with E-state index in [9.17, 15) is 0 Å². The molecule has 0 amide bonds. The van der Waals surface area contributed by atoms with Crippen molar-refractivity contribution in [2.24, 2.45) is 0 Å². The van der Waals surface area contributed by atoms with Gasteiger partial charge in [0.2, 0.25) is 0 Å². The van der Waals surface area contributed by atoms with Crippen LogP contribution < -0.4 is 0 Å². The number of alkyl halides is 1. The maximum absolute atomic E-state index is 6.10. The summed E-state index contributed by atoms with van der Waals surface area (Å²) in [6.45, 7) is 5.99. The molecule has 0 aromatic rings. The van der Waals surface area contributed by atoms with Gasteiger partial charge in [-0.05, 0) is 19.3 Å². The van der Waals surface area contributed by atoms with Gasteiger partial charge in [-0.2, -0.15) is 0 Å². The van der Waals surface area contributed by atoms with Crippen LogP contribution in [0.25, 0.3) is 0 Å². The Labute approximate surface area is 105 Å². The van der Waals surface area contributed by atoms with Crippen LogP contribution in [0, 0.1) is 0 Å². The van der Waals surface area contributed by atoms with Crippen molar-refractivity contribution in [3.05, 3.63) is 0 Å². The first-order chi connectivity index (χ1) is 7.79. The highest BCUT2D eigenvalue weighted by Crippen LogP contribution is 2.32. The van der Waals surface area contributed by atoms with Gasteiger partial charge in [-0.3, -0.25) is 0 Å². The van der Waals surface area contributed by atoms with Gasteiger partial charge < -0.3 is 9.47 Å². The normalized spacial score (nSPS) is 29.1. The van der Waals surface area contributed by atoms with Gasteiger partial charge in [0, 0.05) is 13.2 Å². The maximum Gasteiger partial charge on any atom is 0.100 e. The minimum Gasteiger partial charge on any atom is -0.375 e. The molecule has 0 radical (unpaired) electrons. The van der Waals surface area contributed by atoms with E-state index in [0.29, 0.717) is 0 Å². The van der Waals surface area contributed by atoms with Crippen LogP contribution in [0.1, 0.15) is 52.4 Å². The lowest BCUT2D eigenvalue weighted by Crippen LogP contribution is -2.51. The monoisotopic (exact) mass is 248 g/mol. The van der Waals surface area contributed by atoms with Crippen molar-refractivity contribution < 1.29 is 9.47 Å². The molecule has 1 aliphatic rings. The highest BCUT2D eigenvalue weighted by Gasteiger charge is 2.41. The smallest absolute Gasteiger partial charge is 0.100 e. The fourth-order valence-electron chi connectivity index (χ4n) is 1.92. The number of hydrogen-bond donors (Lipinski definition) is 0. The third-order valence-electron chi connectivity index (χ3n) is 3.02. The molecule has 0 spiro atoms. The van der Waals surface area contributed by atoms with Gasteiger partial charge in [0.25, 0.3) is 0 Å². The van der Waals surface area contributed by atoms with Gasteiger partial charge in [-0.25, -0.2) is 0 Å². The SMILES string of the molecule is CCCCCCOC1CC(Cl)C1OCCC. The first-order valence-electron chi connectivity index (χ1n) is 6.66. The van der Waals surface area contributed by atoms with Crippen molar-refractivity contribution in [3.63, 3.8) is 0 Å². The van der Waals surface area contributed by atoms with Crippen LogP contribution >= 0.6 is 11.6 Å². The lowest BCUT2D eigenvalue weighted by molar-refractivity contribution is -0.124. The third kappa shape index (κ3) is 4.60. The second-order valence-corrected chi connectivity index (χ2v) is 5.12. The minimum absolute atomic E-state index is 0.132. The molecule has 1 rings (SSSR count). The number of rotatable bonds is 9. The van der Waals surface area contributed by atoms with Gasteiger partial charge in [0.15, 0.2) is 0 Å². The van der Waals surface area contributed by atoms with Crippen LogP contribution in [0.5, 0.6) is 0 Å². The number of ether oxygens (including phenoxy) is 2.